The molecule has 1 aliphatic heterocycles. The number of anilines is 6. The minimum atomic E-state index is -2.79. The van der Waals surface area contributed by atoms with Gasteiger partial charge in [0.25, 0.3) is 0 Å². The molecule has 12 rings (SSSR count). The zero-order chi connectivity index (χ0) is 46.0. The van der Waals surface area contributed by atoms with Gasteiger partial charge in [-0.3, -0.25) is 0 Å². The number of rotatable bonds is 10. The van der Waals surface area contributed by atoms with Crippen LogP contribution in [0.3, 0.4) is 0 Å². The van der Waals surface area contributed by atoms with E-state index in [1.165, 1.54) is 71.1 Å². The molecule has 0 aromatic heterocycles. The molecular formula is C66H48N2Si. The zero-order valence-corrected chi connectivity index (χ0v) is 39.1. The SMILES string of the molecule is c1ccc(-c2ccc(-c3ccc(N(c4ccc(-c5ccccc5)cc4)c4ccc(-c5ccc6c(c5)N(c5ccccc5)c5ccccc5[Si]6(c5ccccc5)c5ccccc5)cc4)cc3)cc2)cc1. The Hall–Kier alpha value is -8.76. The number of fused-ring (bicyclic) bond motifs is 2. The molecule has 0 N–H and O–H groups in total. The maximum Gasteiger partial charge on any atom is 0.184 e. The minimum Gasteiger partial charge on any atom is -0.311 e. The Morgan fingerprint density at radius 2 is 0.565 bits per heavy atom. The molecule has 2 nitrogen and oxygen atoms in total. The molecule has 0 saturated heterocycles. The molecule has 0 saturated carbocycles. The molecule has 69 heavy (non-hydrogen) atoms. The van der Waals surface area contributed by atoms with Gasteiger partial charge in [-0.25, -0.2) is 0 Å². The highest BCUT2D eigenvalue weighted by Crippen LogP contribution is 2.42. The first-order valence-electron chi connectivity index (χ1n) is 23.7. The van der Waals surface area contributed by atoms with Crippen molar-refractivity contribution < 1.29 is 0 Å². The van der Waals surface area contributed by atoms with Gasteiger partial charge in [0.15, 0.2) is 8.07 Å². The molecule has 1 aliphatic rings. The van der Waals surface area contributed by atoms with Gasteiger partial charge < -0.3 is 9.80 Å². The Morgan fingerprint density at radius 3 is 1.01 bits per heavy atom. The number of hydrogen-bond acceptors (Lipinski definition) is 2. The lowest BCUT2D eigenvalue weighted by Gasteiger charge is -2.45. The smallest absolute Gasteiger partial charge is 0.184 e. The van der Waals surface area contributed by atoms with E-state index in [2.05, 4.69) is 301 Å². The lowest BCUT2D eigenvalue weighted by Crippen LogP contribution is -2.77. The third-order valence-electron chi connectivity index (χ3n) is 13.8. The number of benzene rings is 11. The fourth-order valence-electron chi connectivity index (χ4n) is 10.5. The van der Waals surface area contributed by atoms with Crippen molar-refractivity contribution in [3.63, 3.8) is 0 Å². The van der Waals surface area contributed by atoms with Crippen molar-refractivity contribution in [2.75, 3.05) is 9.80 Å². The summed E-state index contributed by atoms with van der Waals surface area (Å²) in [6, 6.07) is 107. The predicted octanol–water partition coefficient (Wildman–Crippen LogP) is 15.0. The minimum absolute atomic E-state index is 1.09. The normalized spacial score (nSPS) is 12.4. The largest absolute Gasteiger partial charge is 0.311 e. The van der Waals surface area contributed by atoms with Crippen LogP contribution in [0.4, 0.5) is 34.1 Å². The third-order valence-corrected chi connectivity index (χ3v) is 18.6. The van der Waals surface area contributed by atoms with Gasteiger partial charge in [0, 0.05) is 34.1 Å². The first-order valence-corrected chi connectivity index (χ1v) is 25.7. The van der Waals surface area contributed by atoms with Crippen LogP contribution in [0, 0.1) is 0 Å². The average molecular weight is 897 g/mol. The number of hydrogen-bond donors (Lipinski definition) is 0. The summed E-state index contributed by atoms with van der Waals surface area (Å²) in [5, 5.41) is 5.52. The van der Waals surface area contributed by atoms with E-state index in [4.69, 9.17) is 0 Å². The lowest BCUT2D eigenvalue weighted by molar-refractivity contribution is 1.28. The molecule has 0 bridgehead atoms. The van der Waals surface area contributed by atoms with Crippen molar-refractivity contribution in [3.05, 3.63) is 291 Å². The van der Waals surface area contributed by atoms with Gasteiger partial charge >= 0.3 is 0 Å². The van der Waals surface area contributed by atoms with Crippen molar-refractivity contribution in [3.8, 4) is 44.5 Å². The van der Waals surface area contributed by atoms with E-state index in [1.54, 1.807) is 0 Å². The highest BCUT2D eigenvalue weighted by atomic mass is 28.3. The van der Waals surface area contributed by atoms with Crippen LogP contribution in [0.15, 0.2) is 291 Å². The predicted molar refractivity (Wildman–Crippen MR) is 295 cm³/mol. The topological polar surface area (TPSA) is 6.48 Å². The van der Waals surface area contributed by atoms with E-state index < -0.39 is 8.07 Å². The Morgan fingerprint density at radius 1 is 0.246 bits per heavy atom. The zero-order valence-electron chi connectivity index (χ0n) is 38.1. The highest BCUT2D eigenvalue weighted by molar-refractivity contribution is 7.21. The van der Waals surface area contributed by atoms with Gasteiger partial charge in [-0.1, -0.05) is 231 Å². The first-order chi connectivity index (χ1) is 34.2. The molecule has 11 aromatic rings. The van der Waals surface area contributed by atoms with Gasteiger partial charge in [-0.15, -0.1) is 0 Å². The van der Waals surface area contributed by atoms with E-state index in [0.717, 1.165) is 28.3 Å². The standard InChI is InChI=1S/C66H48N2Si/c1-6-18-49(19-7-1)51-30-32-52(33-31-51)54-36-43-59(44-37-54)67(58-41-34-53(35-42-58)50-20-8-2-9-21-50)60-45-38-55(39-46-60)56-40-47-66-64(48-56)68(57-22-10-3-11-23-57)63-28-16-17-29-65(63)69(66,61-24-12-4-13-25-61)62-26-14-5-15-27-62/h1-48H. The molecule has 326 valence electrons. The van der Waals surface area contributed by atoms with Crippen LogP contribution in [-0.2, 0) is 0 Å². The van der Waals surface area contributed by atoms with E-state index in [-0.39, 0.29) is 0 Å². The van der Waals surface area contributed by atoms with Crippen LogP contribution in [0.1, 0.15) is 0 Å². The summed E-state index contributed by atoms with van der Waals surface area (Å²) in [7, 11) is -2.79. The molecule has 0 radical (unpaired) electrons. The van der Waals surface area contributed by atoms with E-state index >= 15 is 0 Å². The van der Waals surface area contributed by atoms with Gasteiger partial charge in [-0.05, 0) is 126 Å². The summed E-state index contributed by atoms with van der Waals surface area (Å²) in [6.45, 7) is 0. The van der Waals surface area contributed by atoms with Crippen LogP contribution < -0.4 is 30.5 Å². The van der Waals surface area contributed by atoms with Crippen LogP contribution in [0.2, 0.25) is 0 Å². The average Bonchev–Trinajstić information content (AvgIpc) is 3.44. The van der Waals surface area contributed by atoms with E-state index in [1.807, 2.05) is 0 Å². The second-order valence-corrected chi connectivity index (χ2v) is 21.4. The monoisotopic (exact) mass is 896 g/mol. The second-order valence-electron chi connectivity index (χ2n) is 17.7. The van der Waals surface area contributed by atoms with Gasteiger partial charge in [0.2, 0.25) is 0 Å². The molecular weight excluding hydrogens is 849 g/mol. The van der Waals surface area contributed by atoms with Crippen LogP contribution >= 0.6 is 0 Å². The maximum absolute atomic E-state index is 2.79. The van der Waals surface area contributed by atoms with Crippen molar-refractivity contribution in [1.29, 1.82) is 0 Å². The molecule has 11 aromatic carbocycles. The molecule has 3 heteroatoms. The Balaban J connectivity index is 0.954. The fraction of sp³-hybridized carbons (Fsp3) is 0. The molecule has 0 aliphatic carbocycles. The lowest BCUT2D eigenvalue weighted by atomic mass is 10.00. The first kappa shape index (κ1) is 41.7. The number of nitrogens with zero attached hydrogens (tertiary/aromatic N) is 2. The summed E-state index contributed by atoms with van der Waals surface area (Å²) in [6.07, 6.45) is 0. The summed E-state index contributed by atoms with van der Waals surface area (Å²) < 4.78 is 0. The molecule has 1 heterocycles. The third kappa shape index (κ3) is 7.65. The Kier molecular flexibility index (Phi) is 11.0. The summed E-state index contributed by atoms with van der Waals surface area (Å²) in [4.78, 5) is 4.85. The fourth-order valence-corrected chi connectivity index (χ4v) is 15.5. The van der Waals surface area contributed by atoms with Crippen LogP contribution in [0.25, 0.3) is 44.5 Å². The molecule has 0 atom stereocenters. The molecule has 0 spiro atoms. The van der Waals surface area contributed by atoms with E-state index in [0.29, 0.717) is 0 Å². The number of para-hydroxylation sites is 2. The Labute approximate surface area is 406 Å². The Bertz CT molecular complexity index is 3450. The molecule has 0 amide bonds. The van der Waals surface area contributed by atoms with Crippen molar-refractivity contribution in [1.82, 2.24) is 0 Å². The second kappa shape index (κ2) is 18.1. The van der Waals surface area contributed by atoms with Crippen molar-refractivity contribution in [2.45, 2.75) is 0 Å². The molecule has 0 fully saturated rings. The van der Waals surface area contributed by atoms with Crippen LogP contribution in [-0.4, -0.2) is 8.07 Å². The molecule has 0 unspecified atom stereocenters. The van der Waals surface area contributed by atoms with Gasteiger partial charge in [-0.2, -0.15) is 0 Å². The summed E-state index contributed by atoms with van der Waals surface area (Å²) in [5.41, 5.74) is 16.4. The quantitative estimate of drug-likeness (QED) is 0.126. The summed E-state index contributed by atoms with van der Waals surface area (Å²) in [5.74, 6) is 0. The van der Waals surface area contributed by atoms with Crippen molar-refractivity contribution in [2.24, 2.45) is 0 Å². The highest BCUT2D eigenvalue weighted by Gasteiger charge is 2.48. The summed E-state index contributed by atoms with van der Waals surface area (Å²) >= 11 is 0. The maximum atomic E-state index is 2.49. The van der Waals surface area contributed by atoms with Gasteiger partial charge in [0.05, 0.1) is 0 Å². The van der Waals surface area contributed by atoms with E-state index in [9.17, 15) is 0 Å². The van der Waals surface area contributed by atoms with Gasteiger partial charge in [0.1, 0.15) is 0 Å². The van der Waals surface area contributed by atoms with Crippen molar-refractivity contribution >= 4 is 62.9 Å². The van der Waals surface area contributed by atoms with Crippen LogP contribution in [0.5, 0.6) is 0 Å².